The highest BCUT2D eigenvalue weighted by molar-refractivity contribution is 6.63. The van der Waals surface area contributed by atoms with E-state index in [-0.39, 0.29) is 12.2 Å². The van der Waals surface area contributed by atoms with Crippen molar-refractivity contribution in [3.8, 4) is 11.6 Å². The largest absolute Gasteiger partial charge is 0.498 e. The molecular formula is C17H26BNO4. The van der Waals surface area contributed by atoms with Gasteiger partial charge < -0.3 is 18.8 Å². The van der Waals surface area contributed by atoms with Gasteiger partial charge in [0.15, 0.2) is 5.75 Å². The summed E-state index contributed by atoms with van der Waals surface area (Å²) in [6, 6.07) is 1.90. The molecule has 0 spiro atoms. The Hall–Kier alpha value is -1.27. The normalized spacial score (nSPS) is 22.5. The zero-order chi connectivity index (χ0) is 16.8. The van der Waals surface area contributed by atoms with Gasteiger partial charge in [-0.05, 0) is 60.5 Å². The summed E-state index contributed by atoms with van der Waals surface area (Å²) in [6.45, 7) is 12.1. The van der Waals surface area contributed by atoms with Crippen LogP contribution in [-0.2, 0) is 9.31 Å². The Morgan fingerprint density at radius 1 is 1.17 bits per heavy atom. The van der Waals surface area contributed by atoms with Crippen molar-refractivity contribution in [2.75, 3.05) is 0 Å². The number of nitrogens with zero attached hydrogens (tertiary/aromatic N) is 1. The van der Waals surface area contributed by atoms with Gasteiger partial charge >= 0.3 is 7.12 Å². The van der Waals surface area contributed by atoms with E-state index in [1.165, 1.54) is 0 Å². The van der Waals surface area contributed by atoms with Crippen molar-refractivity contribution in [3.63, 3.8) is 0 Å². The summed E-state index contributed by atoms with van der Waals surface area (Å²) < 4.78 is 24.3. The molecule has 3 rings (SSSR count). The van der Waals surface area contributed by atoms with E-state index >= 15 is 0 Å². The van der Waals surface area contributed by atoms with E-state index in [9.17, 15) is 0 Å². The molecule has 0 N–H and O–H groups in total. The Balaban J connectivity index is 1.95. The van der Waals surface area contributed by atoms with Gasteiger partial charge in [-0.15, -0.1) is 0 Å². The van der Waals surface area contributed by atoms with Gasteiger partial charge in [0.2, 0.25) is 0 Å². The van der Waals surface area contributed by atoms with Crippen LogP contribution in [0.4, 0.5) is 0 Å². The summed E-state index contributed by atoms with van der Waals surface area (Å²) in [4.78, 5) is 4.35. The second-order valence-electron chi connectivity index (χ2n) is 7.61. The van der Waals surface area contributed by atoms with Gasteiger partial charge in [0, 0.05) is 11.7 Å². The molecule has 1 aromatic heterocycles. The van der Waals surface area contributed by atoms with Crippen molar-refractivity contribution in [1.82, 2.24) is 4.98 Å². The maximum absolute atomic E-state index is 6.17. The van der Waals surface area contributed by atoms with Crippen molar-refractivity contribution in [2.45, 2.75) is 77.8 Å². The lowest BCUT2D eigenvalue weighted by Gasteiger charge is -2.32. The van der Waals surface area contributed by atoms with E-state index < -0.39 is 18.3 Å². The second-order valence-corrected chi connectivity index (χ2v) is 7.61. The first-order chi connectivity index (χ1) is 10.7. The van der Waals surface area contributed by atoms with Crippen LogP contribution in [0.1, 0.15) is 54.4 Å². The highest BCUT2D eigenvalue weighted by Crippen LogP contribution is 2.39. The minimum Gasteiger partial charge on any atom is -0.485 e. The maximum Gasteiger partial charge on any atom is 0.498 e. The molecule has 0 radical (unpaired) electrons. The lowest BCUT2D eigenvalue weighted by Crippen LogP contribution is -2.41. The predicted molar refractivity (Wildman–Crippen MR) is 89.4 cm³/mol. The van der Waals surface area contributed by atoms with Crippen molar-refractivity contribution in [2.24, 2.45) is 0 Å². The van der Waals surface area contributed by atoms with Gasteiger partial charge in [0.1, 0.15) is 0 Å². The van der Waals surface area contributed by atoms with Gasteiger partial charge in [0.25, 0.3) is 5.88 Å². The smallest absolute Gasteiger partial charge is 0.485 e. The molecule has 0 bridgehead atoms. The van der Waals surface area contributed by atoms with E-state index in [0.717, 1.165) is 18.3 Å². The van der Waals surface area contributed by atoms with Crippen LogP contribution in [0, 0.1) is 0 Å². The van der Waals surface area contributed by atoms with Crippen molar-refractivity contribution >= 4 is 12.6 Å². The lowest BCUT2D eigenvalue weighted by atomic mass is 9.79. The van der Waals surface area contributed by atoms with Gasteiger partial charge in [-0.2, -0.15) is 0 Å². The summed E-state index contributed by atoms with van der Waals surface area (Å²) in [5.41, 5.74) is 0.0643. The van der Waals surface area contributed by atoms with Gasteiger partial charge in [-0.25, -0.2) is 4.98 Å². The zero-order valence-electron chi connectivity index (χ0n) is 14.9. The Bertz CT molecular complexity index is 568. The van der Waals surface area contributed by atoms with Crippen LogP contribution in [-0.4, -0.2) is 35.5 Å². The lowest BCUT2D eigenvalue weighted by molar-refractivity contribution is 0.00578. The van der Waals surface area contributed by atoms with Crippen LogP contribution in [0.5, 0.6) is 11.6 Å². The Kier molecular flexibility index (Phi) is 4.09. The molecule has 23 heavy (non-hydrogen) atoms. The fourth-order valence-corrected chi connectivity index (χ4v) is 2.38. The number of pyridine rings is 1. The molecule has 126 valence electrons. The van der Waals surface area contributed by atoms with Gasteiger partial charge in [-0.3, -0.25) is 0 Å². The van der Waals surface area contributed by atoms with Crippen LogP contribution in [0.25, 0.3) is 0 Å². The highest BCUT2D eigenvalue weighted by Gasteiger charge is 2.53. The zero-order valence-corrected chi connectivity index (χ0v) is 14.9. The molecule has 1 aromatic rings. The monoisotopic (exact) mass is 319 g/mol. The van der Waals surface area contributed by atoms with E-state index in [1.807, 2.05) is 47.6 Å². The molecule has 0 atom stereocenters. The van der Waals surface area contributed by atoms with Crippen LogP contribution in [0.2, 0.25) is 0 Å². The molecule has 1 saturated carbocycles. The van der Waals surface area contributed by atoms with E-state index in [4.69, 9.17) is 18.8 Å². The highest BCUT2D eigenvalue weighted by atomic mass is 16.7. The minimum absolute atomic E-state index is 0.0256. The standard InChI is InChI=1S/C17H26BNO4/c1-11(2)20-15-14(21-12-7-8-12)13(9-10-19-15)18-22-16(3,4)17(5,6)23-18/h9-12H,7-8H2,1-6H3. The second kappa shape index (κ2) is 5.67. The van der Waals surface area contributed by atoms with Crippen molar-refractivity contribution in [1.29, 1.82) is 0 Å². The summed E-state index contributed by atoms with van der Waals surface area (Å²) in [5.74, 6) is 1.17. The molecule has 5 nitrogen and oxygen atoms in total. The molecule has 2 heterocycles. The van der Waals surface area contributed by atoms with Crippen LogP contribution >= 0.6 is 0 Å². The topological polar surface area (TPSA) is 49.8 Å². The fourth-order valence-electron chi connectivity index (χ4n) is 2.38. The molecule has 0 aromatic carbocycles. The predicted octanol–water partition coefficient (Wildman–Crippen LogP) is 2.71. The molecule has 2 fully saturated rings. The minimum atomic E-state index is -0.480. The molecule has 1 saturated heterocycles. The number of aromatic nitrogens is 1. The third-order valence-electron chi connectivity index (χ3n) is 4.57. The molecular weight excluding hydrogens is 293 g/mol. The molecule has 6 heteroatoms. The fraction of sp³-hybridized carbons (Fsp3) is 0.706. The maximum atomic E-state index is 6.17. The van der Waals surface area contributed by atoms with Crippen LogP contribution in [0.3, 0.4) is 0 Å². The third-order valence-corrected chi connectivity index (χ3v) is 4.57. The molecule has 1 aliphatic carbocycles. The quantitative estimate of drug-likeness (QED) is 0.781. The third kappa shape index (κ3) is 3.33. The first-order valence-corrected chi connectivity index (χ1v) is 8.37. The first-order valence-electron chi connectivity index (χ1n) is 8.37. The number of rotatable bonds is 5. The number of hydrogen-bond donors (Lipinski definition) is 0. The average molecular weight is 319 g/mol. The van der Waals surface area contributed by atoms with Crippen LogP contribution < -0.4 is 14.9 Å². The first kappa shape index (κ1) is 16.6. The molecule has 1 aliphatic heterocycles. The van der Waals surface area contributed by atoms with E-state index in [1.54, 1.807) is 6.20 Å². The van der Waals surface area contributed by atoms with Gasteiger partial charge in [0.05, 0.1) is 23.4 Å². The van der Waals surface area contributed by atoms with Crippen LogP contribution in [0.15, 0.2) is 12.3 Å². The molecule has 0 unspecified atom stereocenters. The molecule has 2 aliphatic rings. The summed E-state index contributed by atoms with van der Waals surface area (Å²) in [7, 11) is -0.480. The van der Waals surface area contributed by atoms with Gasteiger partial charge in [-0.1, -0.05) is 0 Å². The Labute approximate surface area is 138 Å². The SMILES string of the molecule is CC(C)Oc1nccc(B2OC(C)(C)C(C)(C)O2)c1OC1CC1. The molecule has 0 amide bonds. The number of hydrogen-bond acceptors (Lipinski definition) is 5. The number of ether oxygens (including phenoxy) is 2. The summed E-state index contributed by atoms with van der Waals surface area (Å²) in [5, 5.41) is 0. The van der Waals surface area contributed by atoms with Crippen molar-refractivity contribution < 1.29 is 18.8 Å². The Morgan fingerprint density at radius 2 is 1.78 bits per heavy atom. The average Bonchev–Trinajstić information content (AvgIpc) is 3.18. The van der Waals surface area contributed by atoms with E-state index in [0.29, 0.717) is 11.6 Å². The summed E-state index contributed by atoms with van der Waals surface area (Å²) in [6.07, 6.45) is 4.13. The Morgan fingerprint density at radius 3 is 2.30 bits per heavy atom. The summed E-state index contributed by atoms with van der Waals surface area (Å²) >= 11 is 0. The van der Waals surface area contributed by atoms with E-state index in [2.05, 4.69) is 4.98 Å². The van der Waals surface area contributed by atoms with Crippen molar-refractivity contribution in [3.05, 3.63) is 12.3 Å².